The van der Waals surface area contributed by atoms with Gasteiger partial charge in [0.2, 0.25) is 0 Å². The van der Waals surface area contributed by atoms with E-state index in [1.54, 1.807) is 0 Å². The van der Waals surface area contributed by atoms with Crippen molar-refractivity contribution in [1.82, 2.24) is 4.90 Å². The van der Waals surface area contributed by atoms with Gasteiger partial charge in [-0.2, -0.15) is 5.26 Å². The molecule has 0 aliphatic carbocycles. The Morgan fingerprint density at radius 1 is 1.45 bits per heavy atom. The Morgan fingerprint density at radius 3 is 2.36 bits per heavy atom. The maximum atomic E-state index is 8.63. The molecule has 1 atom stereocenters. The Hall–Kier alpha value is -0.710. The van der Waals surface area contributed by atoms with Crippen LogP contribution in [-0.4, -0.2) is 18.0 Å². The van der Waals surface area contributed by atoms with Crippen molar-refractivity contribution in [2.24, 2.45) is 11.3 Å². The van der Waals surface area contributed by atoms with Crippen molar-refractivity contribution in [3.8, 4) is 6.19 Å². The summed E-state index contributed by atoms with van der Waals surface area (Å²) in [5.74, 6) is 0.696. The third-order valence-electron chi connectivity index (χ3n) is 2.55. The molecule has 0 N–H and O–H groups in total. The third kappa shape index (κ3) is 1.86. The van der Waals surface area contributed by atoms with Crippen LogP contribution in [0.3, 0.4) is 0 Å². The zero-order chi connectivity index (χ0) is 8.48. The van der Waals surface area contributed by atoms with Crippen molar-refractivity contribution in [3.05, 3.63) is 0 Å². The van der Waals surface area contributed by atoms with E-state index in [1.165, 1.54) is 6.42 Å². The van der Waals surface area contributed by atoms with Crippen molar-refractivity contribution < 1.29 is 0 Å². The summed E-state index contributed by atoms with van der Waals surface area (Å²) >= 11 is 0. The molecule has 0 saturated carbocycles. The van der Waals surface area contributed by atoms with E-state index in [9.17, 15) is 0 Å². The molecule has 1 aliphatic rings. The van der Waals surface area contributed by atoms with Gasteiger partial charge in [0.25, 0.3) is 0 Å². The molecule has 0 radical (unpaired) electrons. The molecular weight excluding hydrogens is 136 g/mol. The van der Waals surface area contributed by atoms with Crippen molar-refractivity contribution in [3.63, 3.8) is 0 Å². The van der Waals surface area contributed by atoms with Crippen LogP contribution < -0.4 is 0 Å². The van der Waals surface area contributed by atoms with Gasteiger partial charge in [-0.25, -0.2) is 0 Å². The van der Waals surface area contributed by atoms with E-state index in [4.69, 9.17) is 5.26 Å². The van der Waals surface area contributed by atoms with E-state index in [0.29, 0.717) is 11.3 Å². The van der Waals surface area contributed by atoms with Crippen LogP contribution in [0.4, 0.5) is 0 Å². The molecule has 0 aromatic rings. The fourth-order valence-corrected chi connectivity index (χ4v) is 1.56. The Kier molecular flexibility index (Phi) is 2.08. The zero-order valence-electron chi connectivity index (χ0n) is 7.59. The first kappa shape index (κ1) is 8.39. The lowest BCUT2D eigenvalue weighted by atomic mass is 9.80. The van der Waals surface area contributed by atoms with Crippen LogP contribution >= 0.6 is 0 Å². The molecular formula is C9H16N2. The van der Waals surface area contributed by atoms with E-state index in [0.717, 1.165) is 13.1 Å². The minimum absolute atomic E-state index is 0.367. The third-order valence-corrected chi connectivity index (χ3v) is 2.55. The second kappa shape index (κ2) is 2.73. The second-order valence-corrected chi connectivity index (χ2v) is 4.40. The summed E-state index contributed by atoms with van der Waals surface area (Å²) in [4.78, 5) is 1.86. The maximum Gasteiger partial charge on any atom is 0.179 e. The fourth-order valence-electron chi connectivity index (χ4n) is 1.56. The van der Waals surface area contributed by atoms with Crippen LogP contribution in [0, 0.1) is 22.8 Å². The largest absolute Gasteiger partial charge is 0.310 e. The van der Waals surface area contributed by atoms with E-state index in [1.807, 2.05) is 4.90 Å². The quantitative estimate of drug-likeness (QED) is 0.495. The molecule has 0 aromatic heterocycles. The van der Waals surface area contributed by atoms with Gasteiger partial charge in [0.1, 0.15) is 0 Å². The van der Waals surface area contributed by atoms with E-state index < -0.39 is 0 Å². The van der Waals surface area contributed by atoms with Crippen molar-refractivity contribution in [1.29, 1.82) is 5.26 Å². The summed E-state index contributed by atoms with van der Waals surface area (Å²) in [6.45, 7) is 8.66. The number of likely N-dealkylation sites (tertiary alicyclic amines) is 1. The summed E-state index contributed by atoms with van der Waals surface area (Å²) < 4.78 is 0. The van der Waals surface area contributed by atoms with Crippen molar-refractivity contribution in [2.75, 3.05) is 13.1 Å². The Morgan fingerprint density at radius 2 is 2.09 bits per heavy atom. The highest BCUT2D eigenvalue weighted by Crippen LogP contribution is 2.32. The van der Waals surface area contributed by atoms with Gasteiger partial charge in [-0.1, -0.05) is 20.8 Å². The lowest BCUT2D eigenvalue weighted by Crippen LogP contribution is -2.23. The average molecular weight is 152 g/mol. The predicted molar refractivity (Wildman–Crippen MR) is 44.7 cm³/mol. The Labute approximate surface area is 68.8 Å². The minimum atomic E-state index is 0.367. The minimum Gasteiger partial charge on any atom is -0.310 e. The van der Waals surface area contributed by atoms with Gasteiger partial charge in [0.15, 0.2) is 6.19 Å². The van der Waals surface area contributed by atoms with Crippen LogP contribution in [0.2, 0.25) is 0 Å². The summed E-state index contributed by atoms with van der Waals surface area (Å²) in [5.41, 5.74) is 0.367. The molecule has 0 aromatic carbocycles. The highest BCUT2D eigenvalue weighted by Gasteiger charge is 2.31. The number of nitriles is 1. The first-order valence-electron chi connectivity index (χ1n) is 4.18. The SMILES string of the molecule is CC(C)(C)C1CCN(C#N)C1. The maximum absolute atomic E-state index is 8.63. The normalized spacial score (nSPS) is 25.3. The molecule has 2 nitrogen and oxygen atoms in total. The molecule has 0 spiro atoms. The van der Waals surface area contributed by atoms with Gasteiger partial charge in [-0.15, -0.1) is 0 Å². The first-order chi connectivity index (χ1) is 5.04. The molecule has 1 rings (SSSR count). The van der Waals surface area contributed by atoms with Crippen molar-refractivity contribution in [2.45, 2.75) is 27.2 Å². The highest BCUT2D eigenvalue weighted by atomic mass is 15.1. The molecule has 1 fully saturated rings. The molecule has 1 saturated heterocycles. The van der Waals surface area contributed by atoms with Crippen LogP contribution in [-0.2, 0) is 0 Å². The molecule has 11 heavy (non-hydrogen) atoms. The highest BCUT2D eigenvalue weighted by molar-refractivity contribution is 4.88. The number of hydrogen-bond acceptors (Lipinski definition) is 2. The van der Waals surface area contributed by atoms with Gasteiger partial charge >= 0.3 is 0 Å². The summed E-state index contributed by atoms with van der Waals surface area (Å²) in [6.07, 6.45) is 3.38. The molecule has 1 aliphatic heterocycles. The zero-order valence-corrected chi connectivity index (χ0v) is 7.59. The number of nitrogens with zero attached hydrogens (tertiary/aromatic N) is 2. The summed E-state index contributed by atoms with van der Waals surface area (Å²) in [7, 11) is 0. The average Bonchev–Trinajstić information content (AvgIpc) is 2.32. The Balaban J connectivity index is 2.50. The van der Waals surface area contributed by atoms with E-state index in [2.05, 4.69) is 27.0 Å². The molecule has 0 amide bonds. The van der Waals surface area contributed by atoms with Gasteiger partial charge < -0.3 is 4.90 Å². The molecule has 0 bridgehead atoms. The van der Waals surface area contributed by atoms with Crippen molar-refractivity contribution >= 4 is 0 Å². The topological polar surface area (TPSA) is 27.0 Å². The standard InChI is InChI=1S/C9H16N2/c1-9(2,3)8-4-5-11(6-8)7-10/h8H,4-6H2,1-3H3. The van der Waals surface area contributed by atoms with Gasteiger partial charge in [0.05, 0.1) is 0 Å². The lowest BCUT2D eigenvalue weighted by Gasteiger charge is -2.25. The molecule has 2 heteroatoms. The molecule has 62 valence electrons. The first-order valence-corrected chi connectivity index (χ1v) is 4.18. The van der Waals surface area contributed by atoms with Gasteiger partial charge in [0, 0.05) is 13.1 Å². The van der Waals surface area contributed by atoms with E-state index >= 15 is 0 Å². The molecule has 1 unspecified atom stereocenters. The van der Waals surface area contributed by atoms with Crippen LogP contribution in [0.15, 0.2) is 0 Å². The number of hydrogen-bond donors (Lipinski definition) is 0. The summed E-state index contributed by atoms with van der Waals surface area (Å²) in [6, 6.07) is 0. The van der Waals surface area contributed by atoms with Gasteiger partial charge in [-0.3, -0.25) is 0 Å². The van der Waals surface area contributed by atoms with Crippen LogP contribution in [0.1, 0.15) is 27.2 Å². The molecule has 1 heterocycles. The predicted octanol–water partition coefficient (Wildman–Crippen LogP) is 1.84. The van der Waals surface area contributed by atoms with Crippen LogP contribution in [0.5, 0.6) is 0 Å². The monoisotopic (exact) mass is 152 g/mol. The fraction of sp³-hybridized carbons (Fsp3) is 0.889. The smallest absolute Gasteiger partial charge is 0.179 e. The lowest BCUT2D eigenvalue weighted by molar-refractivity contribution is 0.248. The van der Waals surface area contributed by atoms with Gasteiger partial charge in [-0.05, 0) is 17.8 Å². The van der Waals surface area contributed by atoms with Crippen LogP contribution in [0.25, 0.3) is 0 Å². The van der Waals surface area contributed by atoms with E-state index in [-0.39, 0.29) is 0 Å². The Bertz CT molecular complexity index is 173. The second-order valence-electron chi connectivity index (χ2n) is 4.40. The summed E-state index contributed by atoms with van der Waals surface area (Å²) in [5, 5.41) is 8.63. The number of rotatable bonds is 0.